The van der Waals surface area contributed by atoms with Crippen LogP contribution in [-0.4, -0.2) is 54.2 Å². The Balaban J connectivity index is 1.57. The number of nitrogens with zero attached hydrogens (tertiary/aromatic N) is 2. The van der Waals surface area contributed by atoms with Gasteiger partial charge >= 0.3 is 0 Å². The van der Waals surface area contributed by atoms with Gasteiger partial charge in [0.2, 0.25) is 11.8 Å². The lowest BCUT2D eigenvalue weighted by Gasteiger charge is -2.35. The van der Waals surface area contributed by atoms with Crippen molar-refractivity contribution in [3.05, 3.63) is 35.4 Å². The molecule has 2 amide bonds. The summed E-state index contributed by atoms with van der Waals surface area (Å²) in [5, 5.41) is 10.7. The number of methoxy groups -OCH3 is 2. The van der Waals surface area contributed by atoms with Crippen molar-refractivity contribution in [2.45, 2.75) is 25.5 Å². The molecule has 1 aromatic carbocycles. The molecule has 0 bridgehead atoms. The Morgan fingerprint density at radius 1 is 1.04 bits per heavy atom. The van der Waals surface area contributed by atoms with Gasteiger partial charge in [0.15, 0.2) is 0 Å². The summed E-state index contributed by atoms with van der Waals surface area (Å²) in [7, 11) is 3.15. The van der Waals surface area contributed by atoms with E-state index >= 15 is 0 Å². The number of amides is 2. The first-order valence-corrected chi connectivity index (χ1v) is 9.19. The summed E-state index contributed by atoms with van der Waals surface area (Å²) in [6.07, 6.45) is 4.43. The zero-order valence-corrected chi connectivity index (χ0v) is 15.6. The molecular formula is C20H24N2O5. The van der Waals surface area contributed by atoms with Crippen molar-refractivity contribution in [3.8, 4) is 11.5 Å². The topological polar surface area (TPSA) is 79.3 Å². The zero-order chi connectivity index (χ0) is 19.1. The maximum absolute atomic E-state index is 12.7. The standard InChI is InChI=1S/C20H24N2O5/c1-26-16-7-8-17(27-2)18-14(16)9-21(10-15(18)23)11-22-19(24)12-5-3-4-6-13(12)20(22)25/h3-4,7-8,12-13,15,23H,5-6,9-11H2,1-2H3/t12-,13-,15-/m1/s1. The first-order valence-electron chi connectivity index (χ1n) is 9.19. The molecule has 7 heteroatoms. The normalized spacial score (nSPS) is 27.5. The molecule has 2 heterocycles. The van der Waals surface area contributed by atoms with Gasteiger partial charge < -0.3 is 14.6 Å². The van der Waals surface area contributed by atoms with Crippen molar-refractivity contribution < 1.29 is 24.2 Å². The van der Waals surface area contributed by atoms with Crippen molar-refractivity contribution in [3.63, 3.8) is 0 Å². The number of hydrogen-bond donors (Lipinski definition) is 1. The molecule has 3 atom stereocenters. The minimum Gasteiger partial charge on any atom is -0.496 e. The van der Waals surface area contributed by atoms with E-state index in [0.717, 1.165) is 5.56 Å². The van der Waals surface area contributed by atoms with Crippen LogP contribution in [0, 0.1) is 11.8 Å². The Morgan fingerprint density at radius 2 is 1.63 bits per heavy atom. The monoisotopic (exact) mass is 372 g/mol. The third-order valence-electron chi connectivity index (χ3n) is 5.80. The van der Waals surface area contributed by atoms with E-state index in [1.807, 2.05) is 17.1 Å². The number of benzene rings is 1. The molecule has 1 aliphatic carbocycles. The molecule has 3 aliphatic rings. The largest absolute Gasteiger partial charge is 0.496 e. The second-order valence-corrected chi connectivity index (χ2v) is 7.29. The summed E-state index contributed by atoms with van der Waals surface area (Å²) in [5.74, 6) is 0.590. The molecule has 0 unspecified atom stereocenters. The van der Waals surface area contributed by atoms with E-state index in [2.05, 4.69) is 0 Å². The number of hydrogen-bond acceptors (Lipinski definition) is 6. The van der Waals surface area contributed by atoms with Gasteiger partial charge in [-0.25, -0.2) is 0 Å². The van der Waals surface area contributed by atoms with Crippen LogP contribution in [0.1, 0.15) is 30.1 Å². The van der Waals surface area contributed by atoms with Crippen LogP contribution >= 0.6 is 0 Å². The van der Waals surface area contributed by atoms with Crippen molar-refractivity contribution in [1.82, 2.24) is 9.80 Å². The second-order valence-electron chi connectivity index (χ2n) is 7.29. The second kappa shape index (κ2) is 6.98. The van der Waals surface area contributed by atoms with Gasteiger partial charge in [-0.05, 0) is 25.0 Å². The molecule has 144 valence electrons. The minimum atomic E-state index is -0.782. The lowest BCUT2D eigenvalue weighted by molar-refractivity contribution is -0.143. The maximum atomic E-state index is 12.7. The van der Waals surface area contributed by atoms with Crippen LogP contribution in [0.5, 0.6) is 11.5 Å². The number of rotatable bonds is 4. The van der Waals surface area contributed by atoms with Crippen LogP contribution in [-0.2, 0) is 16.1 Å². The Morgan fingerprint density at radius 3 is 2.22 bits per heavy atom. The first-order chi connectivity index (χ1) is 13.0. The number of aliphatic hydroxyl groups excluding tert-OH is 1. The Kier molecular flexibility index (Phi) is 4.65. The van der Waals surface area contributed by atoms with Crippen LogP contribution in [0.25, 0.3) is 0 Å². The van der Waals surface area contributed by atoms with Gasteiger partial charge in [0.1, 0.15) is 11.5 Å². The highest BCUT2D eigenvalue weighted by Crippen LogP contribution is 2.40. The average Bonchev–Trinajstić information content (AvgIpc) is 2.92. The third kappa shape index (κ3) is 2.91. The Labute approximate surface area is 158 Å². The van der Waals surface area contributed by atoms with Crippen molar-refractivity contribution in [2.75, 3.05) is 27.4 Å². The number of aliphatic hydroxyl groups is 1. The van der Waals surface area contributed by atoms with Crippen molar-refractivity contribution in [2.24, 2.45) is 11.8 Å². The fraction of sp³-hybridized carbons (Fsp3) is 0.500. The van der Waals surface area contributed by atoms with Gasteiger partial charge in [0, 0.05) is 24.2 Å². The zero-order valence-electron chi connectivity index (χ0n) is 15.6. The van der Waals surface area contributed by atoms with E-state index in [0.29, 0.717) is 43.0 Å². The van der Waals surface area contributed by atoms with E-state index in [1.165, 1.54) is 4.90 Å². The van der Waals surface area contributed by atoms with Gasteiger partial charge in [-0.1, -0.05) is 12.2 Å². The molecule has 0 aromatic heterocycles. The summed E-state index contributed by atoms with van der Waals surface area (Å²) in [6.45, 7) is 0.972. The number of likely N-dealkylation sites (tertiary alicyclic amines) is 1. The summed E-state index contributed by atoms with van der Waals surface area (Å²) in [4.78, 5) is 28.7. The molecule has 2 aliphatic heterocycles. The van der Waals surface area contributed by atoms with E-state index in [4.69, 9.17) is 9.47 Å². The number of allylic oxidation sites excluding steroid dienone is 2. The lowest BCUT2D eigenvalue weighted by atomic mass is 9.85. The Hall–Kier alpha value is -2.38. The SMILES string of the molecule is COc1ccc(OC)c2c1CN(CN1C(=O)[C@@H]3CC=CC[C@H]3C1=O)C[C@H]2O. The number of carbonyl (C=O) groups is 2. The molecule has 4 rings (SSSR count). The van der Waals surface area contributed by atoms with E-state index in [9.17, 15) is 14.7 Å². The van der Waals surface area contributed by atoms with Crippen LogP contribution in [0.4, 0.5) is 0 Å². The van der Waals surface area contributed by atoms with Gasteiger partial charge in [0.05, 0.1) is 38.8 Å². The Bertz CT molecular complexity index is 780. The average molecular weight is 372 g/mol. The summed E-state index contributed by atoms with van der Waals surface area (Å²) < 4.78 is 10.8. The fourth-order valence-corrected chi connectivity index (χ4v) is 4.46. The third-order valence-corrected chi connectivity index (χ3v) is 5.80. The quantitative estimate of drug-likeness (QED) is 0.637. The highest BCUT2D eigenvalue weighted by atomic mass is 16.5. The van der Waals surface area contributed by atoms with Gasteiger partial charge in [-0.15, -0.1) is 0 Å². The van der Waals surface area contributed by atoms with Crippen LogP contribution in [0.3, 0.4) is 0 Å². The molecule has 1 N–H and O–H groups in total. The van der Waals surface area contributed by atoms with Crippen molar-refractivity contribution >= 4 is 11.8 Å². The number of ether oxygens (including phenoxy) is 2. The molecule has 27 heavy (non-hydrogen) atoms. The summed E-state index contributed by atoms with van der Waals surface area (Å²) in [6, 6.07) is 3.59. The van der Waals surface area contributed by atoms with Crippen LogP contribution in [0.15, 0.2) is 24.3 Å². The first kappa shape index (κ1) is 18.0. The van der Waals surface area contributed by atoms with E-state index in [1.54, 1.807) is 26.4 Å². The minimum absolute atomic E-state index is 0.104. The number of fused-ring (bicyclic) bond motifs is 2. The van der Waals surface area contributed by atoms with E-state index in [-0.39, 0.29) is 30.3 Å². The molecule has 0 spiro atoms. The highest BCUT2D eigenvalue weighted by molar-refractivity contribution is 6.05. The lowest BCUT2D eigenvalue weighted by Crippen LogP contribution is -2.45. The predicted octanol–water partition coefficient (Wildman–Crippen LogP) is 1.46. The molecule has 7 nitrogen and oxygen atoms in total. The molecule has 0 radical (unpaired) electrons. The summed E-state index contributed by atoms with van der Waals surface area (Å²) >= 11 is 0. The van der Waals surface area contributed by atoms with Crippen molar-refractivity contribution in [1.29, 1.82) is 0 Å². The van der Waals surface area contributed by atoms with Gasteiger partial charge in [0.25, 0.3) is 0 Å². The van der Waals surface area contributed by atoms with E-state index < -0.39 is 6.10 Å². The predicted molar refractivity (Wildman–Crippen MR) is 97.0 cm³/mol. The smallest absolute Gasteiger partial charge is 0.234 e. The molecule has 0 saturated carbocycles. The summed E-state index contributed by atoms with van der Waals surface area (Å²) in [5.41, 5.74) is 1.54. The molecule has 1 aromatic rings. The molecular weight excluding hydrogens is 348 g/mol. The fourth-order valence-electron chi connectivity index (χ4n) is 4.46. The van der Waals surface area contributed by atoms with Gasteiger partial charge in [-0.2, -0.15) is 0 Å². The highest BCUT2D eigenvalue weighted by Gasteiger charge is 2.47. The number of β-amino-alcohol motifs (C(OH)–C–C–N with tert-alkyl or cyclic N) is 1. The molecule has 1 fully saturated rings. The number of imide groups is 1. The maximum Gasteiger partial charge on any atom is 0.234 e. The van der Waals surface area contributed by atoms with Crippen LogP contribution in [0.2, 0.25) is 0 Å². The molecule has 1 saturated heterocycles. The van der Waals surface area contributed by atoms with Crippen LogP contribution < -0.4 is 9.47 Å². The number of carbonyl (C=O) groups excluding carboxylic acids is 2. The van der Waals surface area contributed by atoms with Gasteiger partial charge in [-0.3, -0.25) is 19.4 Å².